The average molecular weight is 276 g/mol. The van der Waals surface area contributed by atoms with Gasteiger partial charge in [0.25, 0.3) is 0 Å². The van der Waals surface area contributed by atoms with Gasteiger partial charge >= 0.3 is 0 Å². The molecule has 1 unspecified atom stereocenters. The number of hydrogen-bond acceptors (Lipinski definition) is 3. The molecule has 0 saturated carbocycles. The summed E-state index contributed by atoms with van der Waals surface area (Å²) in [5.74, 6) is -0.407. The molecule has 1 rings (SSSR count). The lowest BCUT2D eigenvalue weighted by atomic mass is 9.99. The number of rotatable bonds is 7. The molecule has 102 valence electrons. The number of benzene rings is 1. The van der Waals surface area contributed by atoms with Crippen molar-refractivity contribution in [2.24, 2.45) is 0 Å². The van der Waals surface area contributed by atoms with E-state index in [4.69, 9.17) is 21.4 Å². The Bertz CT molecular complexity index is 381. The number of aliphatic hydroxyl groups is 1. The number of ether oxygens (including phenoxy) is 1. The van der Waals surface area contributed by atoms with E-state index in [-0.39, 0.29) is 11.6 Å². The van der Waals surface area contributed by atoms with Crippen molar-refractivity contribution in [3.8, 4) is 0 Å². The molecule has 0 fully saturated rings. The van der Waals surface area contributed by atoms with Crippen LogP contribution in [0.1, 0.15) is 18.9 Å². The van der Waals surface area contributed by atoms with Crippen LogP contribution in [0.25, 0.3) is 0 Å². The van der Waals surface area contributed by atoms with Gasteiger partial charge < -0.3 is 15.2 Å². The Hall–Kier alpha value is -0.680. The van der Waals surface area contributed by atoms with E-state index in [9.17, 15) is 4.39 Å². The maximum Gasteiger partial charge on any atom is 0.146 e. The second kappa shape index (κ2) is 7.04. The van der Waals surface area contributed by atoms with Gasteiger partial charge in [-0.15, -0.1) is 0 Å². The highest BCUT2D eigenvalue weighted by Crippen LogP contribution is 2.19. The highest BCUT2D eigenvalue weighted by molar-refractivity contribution is 6.30. The molecule has 0 saturated heterocycles. The van der Waals surface area contributed by atoms with Gasteiger partial charge in [0.2, 0.25) is 0 Å². The van der Waals surface area contributed by atoms with Crippen molar-refractivity contribution in [3.05, 3.63) is 34.6 Å². The van der Waals surface area contributed by atoms with Gasteiger partial charge in [-0.2, -0.15) is 0 Å². The monoisotopic (exact) mass is 275 g/mol. The Labute approximate surface area is 112 Å². The maximum atomic E-state index is 13.7. The summed E-state index contributed by atoms with van der Waals surface area (Å²) in [7, 11) is 1.59. The molecule has 0 amide bonds. The fourth-order valence-electron chi connectivity index (χ4n) is 1.77. The van der Waals surface area contributed by atoms with Crippen molar-refractivity contribution >= 4 is 11.6 Å². The van der Waals surface area contributed by atoms with E-state index in [2.05, 4.69) is 5.32 Å². The number of hydrogen-bond donors (Lipinski definition) is 2. The van der Waals surface area contributed by atoms with Crippen LogP contribution in [-0.4, -0.2) is 31.0 Å². The van der Waals surface area contributed by atoms with Gasteiger partial charge in [-0.05, 0) is 19.4 Å². The molecule has 1 aromatic carbocycles. The Morgan fingerprint density at radius 2 is 2.22 bits per heavy atom. The van der Waals surface area contributed by atoms with Crippen LogP contribution in [0.5, 0.6) is 0 Å². The van der Waals surface area contributed by atoms with Crippen LogP contribution >= 0.6 is 11.6 Å². The van der Waals surface area contributed by atoms with E-state index in [1.54, 1.807) is 19.2 Å². The topological polar surface area (TPSA) is 41.5 Å². The molecule has 0 heterocycles. The van der Waals surface area contributed by atoms with Crippen LogP contribution in [0.15, 0.2) is 18.2 Å². The zero-order chi connectivity index (χ0) is 13.6. The van der Waals surface area contributed by atoms with Gasteiger partial charge in [0.1, 0.15) is 5.82 Å². The maximum absolute atomic E-state index is 13.7. The number of nitrogens with one attached hydrogen (secondary N) is 1. The van der Waals surface area contributed by atoms with Crippen LogP contribution in [0.2, 0.25) is 5.02 Å². The molecule has 0 spiro atoms. The summed E-state index contributed by atoms with van der Waals surface area (Å²) in [5, 5.41) is 12.3. The Morgan fingerprint density at radius 3 is 2.83 bits per heavy atom. The molecule has 0 bridgehead atoms. The van der Waals surface area contributed by atoms with E-state index in [1.807, 2.05) is 6.92 Å². The molecule has 0 radical (unpaired) electrons. The smallest absolute Gasteiger partial charge is 0.146 e. The highest BCUT2D eigenvalue weighted by Gasteiger charge is 2.23. The normalized spacial score (nSPS) is 14.5. The summed E-state index contributed by atoms with van der Waals surface area (Å²) in [6.45, 7) is 2.75. The van der Waals surface area contributed by atoms with Crippen molar-refractivity contribution in [1.82, 2.24) is 5.32 Å². The Balaban J connectivity index is 2.69. The lowest BCUT2D eigenvalue weighted by Gasteiger charge is -2.29. The minimum Gasteiger partial charge on any atom is -0.396 e. The highest BCUT2D eigenvalue weighted by atomic mass is 35.5. The molecular formula is C13H19ClFNO2. The summed E-state index contributed by atoms with van der Waals surface area (Å²) in [4.78, 5) is 0. The molecule has 1 aromatic rings. The van der Waals surface area contributed by atoms with Crippen molar-refractivity contribution in [2.45, 2.75) is 25.4 Å². The number of aliphatic hydroxyl groups excluding tert-OH is 1. The number of methoxy groups -OCH3 is 1. The zero-order valence-electron chi connectivity index (χ0n) is 10.7. The lowest BCUT2D eigenvalue weighted by molar-refractivity contribution is 0.0967. The summed E-state index contributed by atoms with van der Waals surface area (Å²) >= 11 is 5.72. The minimum atomic E-state index is -0.407. The van der Waals surface area contributed by atoms with Gasteiger partial charge in [0, 0.05) is 31.4 Å². The standard InChI is InChI=1S/C13H19ClFNO2/c1-13(6-7-17,9-18-2)16-8-10-4-3-5-11(14)12(10)15/h3-5,16-17H,6-9H2,1-2H3. The molecule has 0 aromatic heterocycles. The van der Waals surface area contributed by atoms with Crippen molar-refractivity contribution in [2.75, 3.05) is 20.3 Å². The second-order valence-electron chi connectivity index (χ2n) is 4.53. The zero-order valence-corrected chi connectivity index (χ0v) is 11.4. The molecule has 2 N–H and O–H groups in total. The third-order valence-corrected chi connectivity index (χ3v) is 3.16. The van der Waals surface area contributed by atoms with Gasteiger partial charge in [0.05, 0.1) is 11.6 Å². The van der Waals surface area contributed by atoms with Crippen molar-refractivity contribution in [1.29, 1.82) is 0 Å². The first-order valence-corrected chi connectivity index (χ1v) is 6.18. The van der Waals surface area contributed by atoms with Crippen LogP contribution in [-0.2, 0) is 11.3 Å². The van der Waals surface area contributed by atoms with Crippen molar-refractivity contribution < 1.29 is 14.2 Å². The van der Waals surface area contributed by atoms with E-state index in [0.29, 0.717) is 25.1 Å². The largest absolute Gasteiger partial charge is 0.396 e. The molecular weight excluding hydrogens is 257 g/mol. The predicted molar refractivity (Wildman–Crippen MR) is 70.2 cm³/mol. The van der Waals surface area contributed by atoms with Crippen LogP contribution < -0.4 is 5.32 Å². The molecule has 18 heavy (non-hydrogen) atoms. The fraction of sp³-hybridized carbons (Fsp3) is 0.538. The first-order chi connectivity index (χ1) is 8.52. The second-order valence-corrected chi connectivity index (χ2v) is 4.94. The molecule has 3 nitrogen and oxygen atoms in total. The van der Waals surface area contributed by atoms with Gasteiger partial charge in [-0.3, -0.25) is 0 Å². The molecule has 0 aliphatic carbocycles. The van der Waals surface area contributed by atoms with E-state index in [1.165, 1.54) is 6.07 Å². The SMILES string of the molecule is COCC(C)(CCO)NCc1cccc(Cl)c1F. The number of halogens is 2. The molecule has 1 atom stereocenters. The predicted octanol–water partition coefficient (Wildman–Crippen LogP) is 2.36. The molecule has 0 aliphatic rings. The van der Waals surface area contributed by atoms with Gasteiger partial charge in [-0.1, -0.05) is 23.7 Å². The van der Waals surface area contributed by atoms with Crippen LogP contribution in [0.4, 0.5) is 4.39 Å². The lowest BCUT2D eigenvalue weighted by Crippen LogP contribution is -2.46. The molecule has 5 heteroatoms. The third kappa shape index (κ3) is 4.21. The first-order valence-electron chi connectivity index (χ1n) is 5.80. The van der Waals surface area contributed by atoms with Gasteiger partial charge in [-0.25, -0.2) is 4.39 Å². The quantitative estimate of drug-likeness (QED) is 0.803. The Kier molecular flexibility index (Phi) is 6.02. The van der Waals surface area contributed by atoms with Crippen LogP contribution in [0.3, 0.4) is 0 Å². The summed E-state index contributed by atoms with van der Waals surface area (Å²) in [6, 6.07) is 4.91. The summed E-state index contributed by atoms with van der Waals surface area (Å²) < 4.78 is 18.8. The average Bonchev–Trinajstić information content (AvgIpc) is 2.32. The minimum absolute atomic E-state index is 0.0465. The van der Waals surface area contributed by atoms with E-state index in [0.717, 1.165) is 0 Å². The first kappa shape index (κ1) is 15.4. The van der Waals surface area contributed by atoms with E-state index >= 15 is 0 Å². The van der Waals surface area contributed by atoms with Crippen LogP contribution in [0, 0.1) is 5.82 Å². The fourth-order valence-corrected chi connectivity index (χ4v) is 1.96. The van der Waals surface area contributed by atoms with Gasteiger partial charge in [0.15, 0.2) is 0 Å². The summed E-state index contributed by atoms with van der Waals surface area (Å²) in [6.07, 6.45) is 0.531. The van der Waals surface area contributed by atoms with Crippen molar-refractivity contribution in [3.63, 3.8) is 0 Å². The molecule has 0 aliphatic heterocycles. The van der Waals surface area contributed by atoms with E-state index < -0.39 is 11.4 Å². The third-order valence-electron chi connectivity index (χ3n) is 2.86. The summed E-state index contributed by atoms with van der Waals surface area (Å²) in [5.41, 5.74) is 0.112. The Morgan fingerprint density at radius 1 is 1.50 bits per heavy atom.